The predicted molar refractivity (Wildman–Crippen MR) is 112 cm³/mol. The first kappa shape index (κ1) is 20.1. The molecule has 0 aliphatic rings. The highest BCUT2D eigenvalue weighted by Crippen LogP contribution is 2.35. The maximum atomic E-state index is 13.7. The van der Waals surface area contributed by atoms with Gasteiger partial charge in [0.05, 0.1) is 13.7 Å². The molecule has 0 aliphatic carbocycles. The second-order valence-corrected chi connectivity index (χ2v) is 6.39. The van der Waals surface area contributed by atoms with Gasteiger partial charge in [0.1, 0.15) is 5.75 Å². The van der Waals surface area contributed by atoms with Crippen molar-refractivity contribution in [3.63, 3.8) is 0 Å². The number of amides is 1. The van der Waals surface area contributed by atoms with Crippen LogP contribution in [0.2, 0.25) is 0 Å². The summed E-state index contributed by atoms with van der Waals surface area (Å²) in [6, 6.07) is 24.9. The van der Waals surface area contributed by atoms with Crippen LogP contribution in [0, 0.1) is 0 Å². The topological polar surface area (TPSA) is 64.6 Å². The van der Waals surface area contributed by atoms with Gasteiger partial charge in [0.2, 0.25) is 0 Å². The fourth-order valence-electron chi connectivity index (χ4n) is 3.27. The summed E-state index contributed by atoms with van der Waals surface area (Å²) in [6.45, 7) is 1.89. The number of carbonyl (C=O) groups excluding carboxylic acids is 2. The third-order valence-corrected chi connectivity index (χ3v) is 4.68. The zero-order valence-corrected chi connectivity index (χ0v) is 16.4. The van der Waals surface area contributed by atoms with Crippen molar-refractivity contribution >= 4 is 17.6 Å². The van der Waals surface area contributed by atoms with Crippen LogP contribution in [-0.2, 0) is 19.7 Å². The number of rotatable bonds is 7. The first-order valence-corrected chi connectivity index (χ1v) is 9.36. The normalized spacial score (nSPS) is 10.8. The van der Waals surface area contributed by atoms with Crippen LogP contribution in [0.4, 0.5) is 5.69 Å². The summed E-state index contributed by atoms with van der Waals surface area (Å²) in [6.07, 6.45) is 0. The Balaban J connectivity index is 2.14. The molecule has 148 valence electrons. The third kappa shape index (κ3) is 3.99. The standard InChI is InChI=1S/C24H23NO4/c1-3-29-23(27)24(18-10-6-4-7-11-18,19-12-8-5-9-13-19)22(26)25-20-14-16-21(28-2)17-15-20/h4-17H,3H2,1-2H3,(H,25,26). The van der Waals surface area contributed by atoms with E-state index in [9.17, 15) is 9.59 Å². The van der Waals surface area contributed by atoms with Crippen LogP contribution in [0.5, 0.6) is 5.75 Å². The maximum absolute atomic E-state index is 13.7. The van der Waals surface area contributed by atoms with Gasteiger partial charge in [0, 0.05) is 5.69 Å². The number of hydrogen-bond acceptors (Lipinski definition) is 4. The van der Waals surface area contributed by atoms with Crippen molar-refractivity contribution < 1.29 is 19.1 Å². The highest BCUT2D eigenvalue weighted by atomic mass is 16.5. The molecule has 0 atom stereocenters. The number of anilines is 1. The molecule has 5 heteroatoms. The Hall–Kier alpha value is -3.60. The highest BCUT2D eigenvalue weighted by Gasteiger charge is 2.50. The van der Waals surface area contributed by atoms with Crippen molar-refractivity contribution in [2.45, 2.75) is 12.3 Å². The van der Waals surface area contributed by atoms with Crippen molar-refractivity contribution in [2.75, 3.05) is 19.0 Å². The van der Waals surface area contributed by atoms with Crippen LogP contribution in [0.1, 0.15) is 18.1 Å². The molecule has 5 nitrogen and oxygen atoms in total. The number of esters is 1. The Morgan fingerprint density at radius 1 is 0.828 bits per heavy atom. The molecule has 1 amide bonds. The Kier molecular flexibility index (Phi) is 6.29. The first-order chi connectivity index (χ1) is 14.1. The van der Waals surface area contributed by atoms with E-state index < -0.39 is 17.3 Å². The van der Waals surface area contributed by atoms with Crippen LogP contribution < -0.4 is 10.1 Å². The minimum Gasteiger partial charge on any atom is -0.497 e. The predicted octanol–water partition coefficient (Wildman–Crippen LogP) is 4.18. The molecule has 3 aromatic rings. The highest BCUT2D eigenvalue weighted by molar-refractivity contribution is 6.17. The summed E-state index contributed by atoms with van der Waals surface area (Å²) in [5.41, 5.74) is -0.0130. The average Bonchev–Trinajstić information content (AvgIpc) is 2.76. The number of methoxy groups -OCH3 is 1. The van der Waals surface area contributed by atoms with E-state index in [1.807, 2.05) is 12.1 Å². The Labute approximate surface area is 170 Å². The van der Waals surface area contributed by atoms with Crippen molar-refractivity contribution in [2.24, 2.45) is 0 Å². The minimum atomic E-state index is -1.64. The van der Waals surface area contributed by atoms with Gasteiger partial charge < -0.3 is 14.8 Å². The molecule has 3 aromatic carbocycles. The monoisotopic (exact) mass is 389 g/mol. The summed E-state index contributed by atoms with van der Waals surface area (Å²) in [7, 11) is 1.57. The molecular weight excluding hydrogens is 366 g/mol. The molecule has 0 bridgehead atoms. The minimum absolute atomic E-state index is 0.163. The number of ether oxygens (including phenoxy) is 2. The van der Waals surface area contributed by atoms with E-state index in [-0.39, 0.29) is 6.61 Å². The lowest BCUT2D eigenvalue weighted by atomic mass is 9.73. The van der Waals surface area contributed by atoms with E-state index >= 15 is 0 Å². The maximum Gasteiger partial charge on any atom is 0.330 e. The lowest BCUT2D eigenvalue weighted by Crippen LogP contribution is -2.49. The van der Waals surface area contributed by atoms with Gasteiger partial charge in [-0.3, -0.25) is 9.59 Å². The Morgan fingerprint density at radius 3 is 1.79 bits per heavy atom. The van der Waals surface area contributed by atoms with Crippen molar-refractivity contribution in [3.8, 4) is 5.75 Å². The molecular formula is C24H23NO4. The molecule has 0 saturated carbocycles. The molecule has 0 aromatic heterocycles. The molecule has 0 heterocycles. The molecule has 0 fully saturated rings. The van der Waals surface area contributed by atoms with E-state index in [0.717, 1.165) is 0 Å². The van der Waals surface area contributed by atoms with Crippen LogP contribution in [0.3, 0.4) is 0 Å². The molecule has 0 aliphatic heterocycles. The smallest absolute Gasteiger partial charge is 0.330 e. The molecule has 1 N–H and O–H groups in total. The van der Waals surface area contributed by atoms with Crippen molar-refractivity contribution in [3.05, 3.63) is 96.1 Å². The Bertz CT molecular complexity index is 914. The molecule has 0 unspecified atom stereocenters. The average molecular weight is 389 g/mol. The van der Waals surface area contributed by atoms with Gasteiger partial charge in [-0.25, -0.2) is 0 Å². The van der Waals surface area contributed by atoms with E-state index in [1.54, 1.807) is 86.8 Å². The molecule has 0 saturated heterocycles. The van der Waals surface area contributed by atoms with Crippen LogP contribution >= 0.6 is 0 Å². The first-order valence-electron chi connectivity index (χ1n) is 9.36. The zero-order valence-electron chi connectivity index (χ0n) is 16.4. The van der Waals surface area contributed by atoms with Crippen molar-refractivity contribution in [1.29, 1.82) is 0 Å². The third-order valence-electron chi connectivity index (χ3n) is 4.68. The summed E-state index contributed by atoms with van der Waals surface area (Å²) >= 11 is 0. The van der Waals surface area contributed by atoms with Gasteiger partial charge in [-0.2, -0.15) is 0 Å². The summed E-state index contributed by atoms with van der Waals surface area (Å²) in [5, 5.41) is 2.88. The van der Waals surface area contributed by atoms with Crippen molar-refractivity contribution in [1.82, 2.24) is 0 Å². The quantitative estimate of drug-likeness (QED) is 0.486. The number of hydrogen-bond donors (Lipinski definition) is 1. The van der Waals surface area contributed by atoms with Gasteiger partial charge >= 0.3 is 5.97 Å². The van der Waals surface area contributed by atoms with Crippen LogP contribution in [0.15, 0.2) is 84.9 Å². The van der Waals surface area contributed by atoms with Gasteiger partial charge in [0.15, 0.2) is 5.41 Å². The fraction of sp³-hybridized carbons (Fsp3) is 0.167. The zero-order chi connectivity index (χ0) is 20.7. The number of nitrogens with one attached hydrogen (secondary N) is 1. The lowest BCUT2D eigenvalue weighted by molar-refractivity contribution is -0.151. The van der Waals surface area contributed by atoms with E-state index in [0.29, 0.717) is 22.6 Å². The SMILES string of the molecule is CCOC(=O)C(C(=O)Nc1ccc(OC)cc1)(c1ccccc1)c1ccccc1. The Morgan fingerprint density at radius 2 is 1.34 bits per heavy atom. The molecule has 29 heavy (non-hydrogen) atoms. The number of benzene rings is 3. The summed E-state index contributed by atoms with van der Waals surface area (Å²) in [5.74, 6) is -0.437. The molecule has 0 spiro atoms. The van der Waals surface area contributed by atoms with E-state index in [4.69, 9.17) is 9.47 Å². The van der Waals surface area contributed by atoms with Gasteiger partial charge in [-0.1, -0.05) is 60.7 Å². The van der Waals surface area contributed by atoms with Gasteiger partial charge in [0.25, 0.3) is 5.91 Å². The molecule has 0 radical (unpaired) electrons. The lowest BCUT2D eigenvalue weighted by Gasteiger charge is -2.31. The number of carbonyl (C=O) groups is 2. The fourth-order valence-corrected chi connectivity index (χ4v) is 3.27. The largest absolute Gasteiger partial charge is 0.497 e. The summed E-state index contributed by atoms with van der Waals surface area (Å²) in [4.78, 5) is 27.0. The second-order valence-electron chi connectivity index (χ2n) is 6.39. The van der Waals surface area contributed by atoms with E-state index in [2.05, 4.69) is 5.32 Å². The van der Waals surface area contributed by atoms with E-state index in [1.165, 1.54) is 0 Å². The van der Waals surface area contributed by atoms with Crippen LogP contribution in [-0.4, -0.2) is 25.6 Å². The molecule has 3 rings (SSSR count). The van der Waals surface area contributed by atoms with Crippen LogP contribution in [0.25, 0.3) is 0 Å². The second kappa shape index (κ2) is 9.06. The van der Waals surface area contributed by atoms with Gasteiger partial charge in [-0.15, -0.1) is 0 Å². The van der Waals surface area contributed by atoms with Gasteiger partial charge in [-0.05, 0) is 42.3 Å². The summed E-state index contributed by atoms with van der Waals surface area (Å²) < 4.78 is 10.6.